The summed E-state index contributed by atoms with van der Waals surface area (Å²) in [6.07, 6.45) is 2.16. The van der Waals surface area contributed by atoms with Crippen molar-refractivity contribution in [3.8, 4) is 0 Å². The zero-order valence-corrected chi connectivity index (χ0v) is 10.1. The fourth-order valence-corrected chi connectivity index (χ4v) is 1.42. The summed E-state index contributed by atoms with van der Waals surface area (Å²) in [5.74, 6) is 0.929. The standard InChI is InChI=1S/C10H21N5/c1-5-7-11-9(4)10-12-13-14-15(10)8(3)6-2/h8-9,11H,5-7H2,1-4H3. The van der Waals surface area contributed by atoms with E-state index < -0.39 is 0 Å². The molecule has 0 aliphatic carbocycles. The number of aromatic nitrogens is 4. The van der Waals surface area contributed by atoms with Crippen molar-refractivity contribution >= 4 is 0 Å². The molecule has 1 aromatic heterocycles. The van der Waals surface area contributed by atoms with Crippen molar-refractivity contribution in [2.75, 3.05) is 6.54 Å². The highest BCUT2D eigenvalue weighted by molar-refractivity contribution is 4.91. The number of nitrogens with one attached hydrogen (secondary N) is 1. The van der Waals surface area contributed by atoms with Crippen LogP contribution < -0.4 is 5.32 Å². The molecule has 2 atom stereocenters. The zero-order chi connectivity index (χ0) is 11.3. The lowest BCUT2D eigenvalue weighted by Crippen LogP contribution is -2.24. The minimum atomic E-state index is 0.217. The van der Waals surface area contributed by atoms with E-state index in [0.717, 1.165) is 25.2 Å². The van der Waals surface area contributed by atoms with Crippen molar-refractivity contribution in [2.24, 2.45) is 0 Å². The van der Waals surface area contributed by atoms with E-state index in [2.05, 4.69) is 48.5 Å². The number of hydrogen-bond donors (Lipinski definition) is 1. The fraction of sp³-hybridized carbons (Fsp3) is 0.900. The second-order valence-corrected chi connectivity index (χ2v) is 3.91. The van der Waals surface area contributed by atoms with Crippen molar-refractivity contribution in [2.45, 2.75) is 52.6 Å². The molecule has 0 aliphatic heterocycles. The van der Waals surface area contributed by atoms with Gasteiger partial charge in [-0.3, -0.25) is 0 Å². The van der Waals surface area contributed by atoms with Gasteiger partial charge in [-0.05, 0) is 43.7 Å². The van der Waals surface area contributed by atoms with Crippen LogP contribution in [0.15, 0.2) is 0 Å². The van der Waals surface area contributed by atoms with Crippen LogP contribution in [0.5, 0.6) is 0 Å². The van der Waals surface area contributed by atoms with Gasteiger partial charge in [-0.1, -0.05) is 13.8 Å². The molecule has 0 radical (unpaired) electrons. The molecule has 0 saturated heterocycles. The third kappa shape index (κ3) is 2.99. The lowest BCUT2D eigenvalue weighted by molar-refractivity contribution is 0.418. The summed E-state index contributed by atoms with van der Waals surface area (Å²) >= 11 is 0. The monoisotopic (exact) mass is 211 g/mol. The van der Waals surface area contributed by atoms with Crippen molar-refractivity contribution in [3.05, 3.63) is 5.82 Å². The molecule has 0 aliphatic rings. The van der Waals surface area contributed by atoms with Crippen molar-refractivity contribution < 1.29 is 0 Å². The maximum atomic E-state index is 4.08. The summed E-state index contributed by atoms with van der Waals surface area (Å²) < 4.78 is 1.91. The van der Waals surface area contributed by atoms with Crippen LogP contribution in [0.25, 0.3) is 0 Å². The molecular formula is C10H21N5. The summed E-state index contributed by atoms with van der Waals surface area (Å²) in [6, 6.07) is 0.579. The molecule has 1 rings (SSSR count). The third-order valence-corrected chi connectivity index (χ3v) is 2.61. The molecule has 0 aromatic carbocycles. The fourth-order valence-electron chi connectivity index (χ4n) is 1.42. The Morgan fingerprint density at radius 1 is 1.33 bits per heavy atom. The molecule has 0 spiro atoms. The Balaban J connectivity index is 2.71. The van der Waals surface area contributed by atoms with E-state index in [1.165, 1.54) is 0 Å². The topological polar surface area (TPSA) is 55.6 Å². The first kappa shape index (κ1) is 12.1. The van der Waals surface area contributed by atoms with Gasteiger partial charge in [0, 0.05) is 0 Å². The van der Waals surface area contributed by atoms with Gasteiger partial charge in [0.1, 0.15) is 0 Å². The molecule has 0 amide bonds. The van der Waals surface area contributed by atoms with E-state index in [1.807, 2.05) is 4.68 Å². The van der Waals surface area contributed by atoms with Gasteiger partial charge < -0.3 is 5.32 Å². The Morgan fingerprint density at radius 3 is 2.67 bits per heavy atom. The molecule has 5 heteroatoms. The molecule has 15 heavy (non-hydrogen) atoms. The summed E-state index contributed by atoms with van der Waals surface area (Å²) in [4.78, 5) is 0. The van der Waals surface area contributed by atoms with Crippen molar-refractivity contribution in [1.82, 2.24) is 25.5 Å². The first-order chi connectivity index (χ1) is 7.20. The predicted octanol–water partition coefficient (Wildman–Crippen LogP) is 1.70. The minimum Gasteiger partial charge on any atom is -0.307 e. The van der Waals surface area contributed by atoms with Crippen LogP contribution in [0.4, 0.5) is 0 Å². The Hall–Kier alpha value is -0.970. The van der Waals surface area contributed by atoms with Crippen LogP contribution in [0, 0.1) is 0 Å². The maximum absolute atomic E-state index is 4.08. The van der Waals surface area contributed by atoms with Gasteiger partial charge in [0.15, 0.2) is 5.82 Å². The lowest BCUT2D eigenvalue weighted by atomic mass is 10.2. The van der Waals surface area contributed by atoms with Gasteiger partial charge in [-0.25, -0.2) is 4.68 Å². The Bertz CT molecular complexity index is 283. The predicted molar refractivity (Wildman–Crippen MR) is 59.5 cm³/mol. The van der Waals surface area contributed by atoms with Crippen LogP contribution in [0.3, 0.4) is 0 Å². The largest absolute Gasteiger partial charge is 0.307 e. The molecule has 1 N–H and O–H groups in total. The Labute approximate surface area is 91.2 Å². The normalized spacial score (nSPS) is 15.2. The number of rotatable bonds is 6. The molecule has 2 unspecified atom stereocenters. The van der Waals surface area contributed by atoms with Crippen molar-refractivity contribution in [1.29, 1.82) is 0 Å². The highest BCUT2D eigenvalue weighted by Gasteiger charge is 2.16. The minimum absolute atomic E-state index is 0.217. The van der Waals surface area contributed by atoms with Crippen LogP contribution in [0.1, 0.15) is 58.4 Å². The summed E-state index contributed by atoms with van der Waals surface area (Å²) in [5.41, 5.74) is 0. The molecular weight excluding hydrogens is 190 g/mol. The average Bonchev–Trinajstić information content (AvgIpc) is 2.73. The zero-order valence-electron chi connectivity index (χ0n) is 10.1. The maximum Gasteiger partial charge on any atom is 0.168 e. The third-order valence-electron chi connectivity index (χ3n) is 2.61. The highest BCUT2D eigenvalue weighted by atomic mass is 15.6. The molecule has 0 saturated carbocycles. The van der Waals surface area contributed by atoms with Crippen molar-refractivity contribution in [3.63, 3.8) is 0 Å². The first-order valence-corrected chi connectivity index (χ1v) is 5.71. The van der Waals surface area contributed by atoms with Crippen LogP contribution in [-0.4, -0.2) is 26.8 Å². The average molecular weight is 211 g/mol. The van der Waals surface area contributed by atoms with Gasteiger partial charge in [-0.2, -0.15) is 0 Å². The van der Waals surface area contributed by atoms with E-state index in [-0.39, 0.29) is 6.04 Å². The smallest absolute Gasteiger partial charge is 0.168 e. The summed E-state index contributed by atoms with van der Waals surface area (Å²) in [7, 11) is 0. The molecule has 86 valence electrons. The number of nitrogens with zero attached hydrogens (tertiary/aromatic N) is 4. The second-order valence-electron chi connectivity index (χ2n) is 3.91. The van der Waals surface area contributed by atoms with Gasteiger partial charge >= 0.3 is 0 Å². The Kier molecular flexibility index (Phi) is 4.68. The van der Waals surface area contributed by atoms with Crippen LogP contribution in [0.2, 0.25) is 0 Å². The molecule has 0 bridgehead atoms. The van der Waals surface area contributed by atoms with E-state index in [1.54, 1.807) is 0 Å². The first-order valence-electron chi connectivity index (χ1n) is 5.71. The number of hydrogen-bond acceptors (Lipinski definition) is 4. The van der Waals surface area contributed by atoms with E-state index in [9.17, 15) is 0 Å². The van der Waals surface area contributed by atoms with Crippen LogP contribution >= 0.6 is 0 Å². The van der Waals surface area contributed by atoms with Gasteiger partial charge in [0.05, 0.1) is 12.1 Å². The lowest BCUT2D eigenvalue weighted by Gasteiger charge is -2.16. The highest BCUT2D eigenvalue weighted by Crippen LogP contribution is 2.14. The summed E-state index contributed by atoms with van der Waals surface area (Å²) in [5, 5.41) is 15.2. The molecule has 5 nitrogen and oxygen atoms in total. The van der Waals surface area contributed by atoms with E-state index in [0.29, 0.717) is 6.04 Å². The van der Waals surface area contributed by atoms with Gasteiger partial charge in [0.2, 0.25) is 0 Å². The van der Waals surface area contributed by atoms with E-state index in [4.69, 9.17) is 0 Å². The van der Waals surface area contributed by atoms with Gasteiger partial charge in [-0.15, -0.1) is 5.10 Å². The summed E-state index contributed by atoms with van der Waals surface area (Å²) in [6.45, 7) is 9.51. The van der Waals surface area contributed by atoms with E-state index >= 15 is 0 Å². The molecule has 1 aromatic rings. The molecule has 0 fully saturated rings. The second kappa shape index (κ2) is 5.80. The van der Waals surface area contributed by atoms with Crippen LogP contribution in [-0.2, 0) is 0 Å². The molecule has 1 heterocycles. The Morgan fingerprint density at radius 2 is 2.07 bits per heavy atom. The quantitative estimate of drug-likeness (QED) is 0.778. The number of tetrazole rings is 1. The SMILES string of the molecule is CCCNC(C)c1nnnn1C(C)CC. The van der Waals surface area contributed by atoms with Gasteiger partial charge in [0.25, 0.3) is 0 Å².